The zero-order valence-electron chi connectivity index (χ0n) is 15.1. The molecule has 0 aliphatic heterocycles. The lowest BCUT2D eigenvalue weighted by atomic mass is 10.1. The number of carbonyl (C=O) groups excluding carboxylic acids is 1. The number of nitrogens with one attached hydrogen (secondary N) is 1. The van der Waals surface area contributed by atoms with Gasteiger partial charge in [0.05, 0.1) is 7.11 Å². The molecule has 2 aromatic carbocycles. The molecule has 0 radical (unpaired) electrons. The number of benzene rings is 2. The highest BCUT2D eigenvalue weighted by Crippen LogP contribution is 2.24. The predicted molar refractivity (Wildman–Crippen MR) is 104 cm³/mol. The Bertz CT molecular complexity index is 909. The van der Waals surface area contributed by atoms with Gasteiger partial charge in [-0.15, -0.1) is 0 Å². The van der Waals surface area contributed by atoms with Crippen LogP contribution in [-0.2, 0) is 4.79 Å². The Balaban J connectivity index is 1.55. The Morgan fingerprint density at radius 1 is 1.26 bits per heavy atom. The van der Waals surface area contributed by atoms with E-state index in [4.69, 9.17) is 20.9 Å². The third kappa shape index (κ3) is 5.08. The lowest BCUT2D eigenvalue weighted by Crippen LogP contribution is -2.12. The lowest BCUT2D eigenvalue weighted by molar-refractivity contribution is -0.116. The van der Waals surface area contributed by atoms with Crippen LogP contribution in [0.4, 0.5) is 5.69 Å². The molecule has 0 spiro atoms. The third-order valence-corrected chi connectivity index (χ3v) is 4.36. The molecule has 0 saturated carbocycles. The maximum Gasteiger partial charge on any atom is 0.229 e. The molecule has 7 heteroatoms. The molecule has 3 rings (SSSR count). The zero-order valence-corrected chi connectivity index (χ0v) is 15.9. The smallest absolute Gasteiger partial charge is 0.229 e. The number of hydrogen-bond acceptors (Lipinski definition) is 5. The van der Waals surface area contributed by atoms with E-state index in [1.165, 1.54) is 0 Å². The van der Waals surface area contributed by atoms with Crippen molar-refractivity contribution in [2.45, 2.75) is 25.7 Å². The summed E-state index contributed by atoms with van der Waals surface area (Å²) in [5, 5.41) is 7.44. The molecule has 0 fully saturated rings. The van der Waals surface area contributed by atoms with Gasteiger partial charge in [-0.3, -0.25) is 4.79 Å². The first kappa shape index (κ1) is 18.9. The van der Waals surface area contributed by atoms with Gasteiger partial charge in [0.15, 0.2) is 0 Å². The molecule has 3 aromatic rings. The van der Waals surface area contributed by atoms with Crippen LogP contribution in [0.5, 0.6) is 5.75 Å². The summed E-state index contributed by atoms with van der Waals surface area (Å²) in [4.78, 5) is 16.6. The van der Waals surface area contributed by atoms with Crippen LogP contribution in [0.3, 0.4) is 0 Å². The summed E-state index contributed by atoms with van der Waals surface area (Å²) in [6.07, 6.45) is 0.935. The zero-order chi connectivity index (χ0) is 19.2. The monoisotopic (exact) mass is 385 g/mol. The van der Waals surface area contributed by atoms with Gasteiger partial charge in [0.25, 0.3) is 0 Å². The number of rotatable bonds is 7. The van der Waals surface area contributed by atoms with Gasteiger partial charge in [-0.1, -0.05) is 29.7 Å². The molecule has 1 heterocycles. The van der Waals surface area contributed by atoms with Crippen LogP contribution in [-0.4, -0.2) is 23.2 Å². The van der Waals surface area contributed by atoms with Crippen LogP contribution in [0.1, 0.15) is 31.6 Å². The number of ether oxygens (including phenoxy) is 1. The van der Waals surface area contributed by atoms with E-state index < -0.39 is 0 Å². The maximum atomic E-state index is 12.1. The fraction of sp³-hybridized carbons (Fsp3) is 0.250. The average Bonchev–Trinajstić information content (AvgIpc) is 3.16. The van der Waals surface area contributed by atoms with E-state index in [0.29, 0.717) is 35.3 Å². The highest BCUT2D eigenvalue weighted by atomic mass is 35.5. The fourth-order valence-corrected chi connectivity index (χ4v) is 2.74. The van der Waals surface area contributed by atoms with E-state index in [1.54, 1.807) is 31.4 Å². The van der Waals surface area contributed by atoms with E-state index in [2.05, 4.69) is 15.5 Å². The molecule has 1 amide bonds. The van der Waals surface area contributed by atoms with Crippen molar-refractivity contribution in [1.29, 1.82) is 0 Å². The van der Waals surface area contributed by atoms with Gasteiger partial charge >= 0.3 is 0 Å². The molecule has 140 valence electrons. The molecule has 1 unspecified atom stereocenters. The number of carbonyl (C=O) groups is 1. The highest BCUT2D eigenvalue weighted by Gasteiger charge is 2.17. The second-order valence-corrected chi connectivity index (χ2v) is 6.62. The SMILES string of the molecule is COc1ccc(-c2noc(C(C)CCC(=O)Nc3cccc(Cl)c3)n2)cc1. The second-order valence-electron chi connectivity index (χ2n) is 6.18. The molecular formula is C20H20ClN3O3. The summed E-state index contributed by atoms with van der Waals surface area (Å²) in [6.45, 7) is 1.96. The van der Waals surface area contributed by atoms with Gasteiger partial charge < -0.3 is 14.6 Å². The number of hydrogen-bond donors (Lipinski definition) is 1. The summed E-state index contributed by atoms with van der Waals surface area (Å²) in [5.74, 6) is 1.68. The molecule has 0 aliphatic carbocycles. The first-order chi connectivity index (χ1) is 13.0. The van der Waals surface area contributed by atoms with Crippen LogP contribution in [0, 0.1) is 0 Å². The third-order valence-electron chi connectivity index (χ3n) is 4.12. The van der Waals surface area contributed by atoms with Crippen molar-refractivity contribution in [2.24, 2.45) is 0 Å². The summed E-state index contributed by atoms with van der Waals surface area (Å²) >= 11 is 5.92. The van der Waals surface area contributed by atoms with Crippen molar-refractivity contribution in [3.8, 4) is 17.1 Å². The molecule has 0 bridgehead atoms. The molecule has 1 atom stereocenters. The van der Waals surface area contributed by atoms with Crippen LogP contribution in [0.15, 0.2) is 53.1 Å². The molecule has 27 heavy (non-hydrogen) atoms. The second kappa shape index (κ2) is 8.68. The Morgan fingerprint density at radius 3 is 2.74 bits per heavy atom. The van der Waals surface area contributed by atoms with Gasteiger partial charge in [-0.2, -0.15) is 4.98 Å². The summed E-state index contributed by atoms with van der Waals surface area (Å²) in [6, 6.07) is 14.5. The van der Waals surface area contributed by atoms with E-state index in [-0.39, 0.29) is 11.8 Å². The first-order valence-corrected chi connectivity index (χ1v) is 8.96. The van der Waals surface area contributed by atoms with E-state index >= 15 is 0 Å². The highest BCUT2D eigenvalue weighted by molar-refractivity contribution is 6.30. The van der Waals surface area contributed by atoms with E-state index in [0.717, 1.165) is 11.3 Å². The Labute approximate surface area is 162 Å². The van der Waals surface area contributed by atoms with Crippen LogP contribution >= 0.6 is 11.6 Å². The van der Waals surface area contributed by atoms with E-state index in [9.17, 15) is 4.79 Å². The van der Waals surface area contributed by atoms with Crippen molar-refractivity contribution in [3.63, 3.8) is 0 Å². The molecular weight excluding hydrogens is 366 g/mol. The van der Waals surface area contributed by atoms with Crippen LogP contribution < -0.4 is 10.1 Å². The molecule has 0 saturated heterocycles. The number of nitrogens with zero attached hydrogens (tertiary/aromatic N) is 2. The topological polar surface area (TPSA) is 77.2 Å². The van der Waals surface area contributed by atoms with Gasteiger partial charge in [0.1, 0.15) is 5.75 Å². The lowest BCUT2D eigenvalue weighted by Gasteiger charge is -2.08. The summed E-state index contributed by atoms with van der Waals surface area (Å²) in [5.41, 5.74) is 1.52. The number of amides is 1. The fourth-order valence-electron chi connectivity index (χ4n) is 2.55. The predicted octanol–water partition coefficient (Wildman–Crippen LogP) is 4.92. The normalized spacial score (nSPS) is 11.8. The van der Waals surface area contributed by atoms with Gasteiger partial charge in [-0.25, -0.2) is 0 Å². The first-order valence-electron chi connectivity index (χ1n) is 8.58. The quantitative estimate of drug-likeness (QED) is 0.624. The largest absolute Gasteiger partial charge is 0.497 e. The number of methoxy groups -OCH3 is 1. The molecule has 6 nitrogen and oxygen atoms in total. The van der Waals surface area contributed by atoms with Crippen molar-refractivity contribution >= 4 is 23.2 Å². The number of aromatic nitrogens is 2. The molecule has 0 aliphatic rings. The van der Waals surface area contributed by atoms with Crippen LogP contribution in [0.25, 0.3) is 11.4 Å². The van der Waals surface area contributed by atoms with Crippen molar-refractivity contribution in [3.05, 3.63) is 59.4 Å². The minimum Gasteiger partial charge on any atom is -0.497 e. The molecule has 1 aromatic heterocycles. The Hall–Kier alpha value is -2.86. The minimum atomic E-state index is -0.0843. The van der Waals surface area contributed by atoms with Gasteiger partial charge in [0, 0.05) is 28.6 Å². The summed E-state index contributed by atoms with van der Waals surface area (Å²) < 4.78 is 10.5. The average molecular weight is 386 g/mol. The molecule has 1 N–H and O–H groups in total. The minimum absolute atomic E-state index is 0.0328. The number of anilines is 1. The standard InChI is InChI=1S/C20H20ClN3O3/c1-13(6-11-18(25)22-16-5-3-4-15(21)12-16)20-23-19(24-27-20)14-7-9-17(26-2)10-8-14/h3-5,7-10,12-13H,6,11H2,1-2H3,(H,22,25). The Kier molecular flexibility index (Phi) is 6.08. The number of halogens is 1. The summed E-state index contributed by atoms with van der Waals surface area (Å²) in [7, 11) is 1.62. The van der Waals surface area contributed by atoms with Crippen molar-refractivity contribution in [2.75, 3.05) is 12.4 Å². The van der Waals surface area contributed by atoms with Crippen LogP contribution in [0.2, 0.25) is 5.02 Å². The van der Waals surface area contributed by atoms with Gasteiger partial charge in [-0.05, 0) is 48.9 Å². The van der Waals surface area contributed by atoms with E-state index in [1.807, 2.05) is 31.2 Å². The van der Waals surface area contributed by atoms with Gasteiger partial charge in [0.2, 0.25) is 17.6 Å². The maximum absolute atomic E-state index is 12.1. The van der Waals surface area contributed by atoms with Crippen molar-refractivity contribution < 1.29 is 14.1 Å². The van der Waals surface area contributed by atoms with Crippen molar-refractivity contribution in [1.82, 2.24) is 10.1 Å². The Morgan fingerprint density at radius 2 is 2.04 bits per heavy atom.